The molecule has 5 aromatic rings. The molecule has 1 aromatic carbocycles. The molecule has 0 bridgehead atoms. The van der Waals surface area contributed by atoms with Gasteiger partial charge < -0.3 is 0 Å². The van der Waals surface area contributed by atoms with Gasteiger partial charge in [-0.3, -0.25) is 14.3 Å². The van der Waals surface area contributed by atoms with Crippen LogP contribution in [0.5, 0.6) is 0 Å². The van der Waals surface area contributed by atoms with E-state index in [4.69, 9.17) is 0 Å². The molecular formula is C20H14FN7O. The van der Waals surface area contributed by atoms with Crippen molar-refractivity contribution in [2.45, 2.75) is 13.5 Å². The Bertz CT molecular complexity index is 1410. The van der Waals surface area contributed by atoms with Gasteiger partial charge in [0.25, 0.3) is 5.56 Å². The zero-order valence-electron chi connectivity index (χ0n) is 15.3. The molecule has 0 amide bonds. The van der Waals surface area contributed by atoms with Crippen LogP contribution in [-0.2, 0) is 6.54 Å². The van der Waals surface area contributed by atoms with E-state index in [2.05, 4.69) is 25.3 Å². The number of hydrogen-bond acceptors (Lipinski definition) is 6. The lowest BCUT2D eigenvalue weighted by molar-refractivity contribution is 0.628. The number of rotatable bonds is 3. The highest BCUT2D eigenvalue weighted by molar-refractivity contribution is 5.83. The Morgan fingerprint density at radius 2 is 1.83 bits per heavy atom. The van der Waals surface area contributed by atoms with E-state index in [9.17, 15) is 9.18 Å². The van der Waals surface area contributed by atoms with Gasteiger partial charge in [0.2, 0.25) is 0 Å². The molecule has 9 heteroatoms. The molecule has 8 nitrogen and oxygen atoms in total. The van der Waals surface area contributed by atoms with E-state index in [1.54, 1.807) is 18.3 Å². The summed E-state index contributed by atoms with van der Waals surface area (Å²) in [5.41, 5.74) is 3.45. The third-order valence-corrected chi connectivity index (χ3v) is 4.67. The monoisotopic (exact) mass is 387 g/mol. The number of halogens is 1. The minimum absolute atomic E-state index is 0.115. The first-order valence-electron chi connectivity index (χ1n) is 8.89. The molecule has 0 radical (unpaired) electrons. The third kappa shape index (κ3) is 2.83. The van der Waals surface area contributed by atoms with Gasteiger partial charge >= 0.3 is 0 Å². The van der Waals surface area contributed by atoms with Gasteiger partial charge in [-0.05, 0) is 36.8 Å². The van der Waals surface area contributed by atoms with E-state index in [-0.39, 0.29) is 23.4 Å². The Hall–Kier alpha value is -4.01. The summed E-state index contributed by atoms with van der Waals surface area (Å²) in [6.45, 7) is 2.10. The number of fused-ring (bicyclic) bond motifs is 3. The zero-order valence-corrected chi connectivity index (χ0v) is 15.3. The first-order chi connectivity index (χ1) is 14.1. The number of aryl methyl sites for hydroxylation is 1. The average molecular weight is 387 g/mol. The van der Waals surface area contributed by atoms with Gasteiger partial charge in [0.1, 0.15) is 12.1 Å². The lowest BCUT2D eigenvalue weighted by Crippen LogP contribution is -2.23. The maximum absolute atomic E-state index is 13.3. The van der Waals surface area contributed by atoms with Crippen LogP contribution < -0.4 is 5.56 Å². The fourth-order valence-electron chi connectivity index (χ4n) is 3.30. The van der Waals surface area contributed by atoms with Gasteiger partial charge in [-0.1, -0.05) is 18.2 Å². The Morgan fingerprint density at radius 1 is 1.00 bits per heavy atom. The Labute approximate surface area is 163 Å². The van der Waals surface area contributed by atoms with Crippen molar-refractivity contribution in [1.29, 1.82) is 0 Å². The molecule has 4 aromatic heterocycles. The smallest absolute Gasteiger partial charge is 0.283 e. The Kier molecular flexibility index (Phi) is 3.87. The van der Waals surface area contributed by atoms with Gasteiger partial charge in [0.15, 0.2) is 16.8 Å². The van der Waals surface area contributed by atoms with E-state index in [1.807, 2.05) is 25.1 Å². The molecule has 0 saturated carbocycles. The highest BCUT2D eigenvalue weighted by Gasteiger charge is 2.18. The Morgan fingerprint density at radius 3 is 2.59 bits per heavy atom. The summed E-state index contributed by atoms with van der Waals surface area (Å²) in [6.07, 6.45) is 3.12. The van der Waals surface area contributed by atoms with Gasteiger partial charge in [0, 0.05) is 6.20 Å². The molecule has 0 N–H and O–H groups in total. The highest BCUT2D eigenvalue weighted by Crippen LogP contribution is 2.27. The maximum Gasteiger partial charge on any atom is 0.283 e. The van der Waals surface area contributed by atoms with Crippen molar-refractivity contribution in [2.24, 2.45) is 0 Å². The molecule has 0 aliphatic carbocycles. The van der Waals surface area contributed by atoms with Crippen molar-refractivity contribution in [3.63, 3.8) is 0 Å². The fraction of sp³-hybridized carbons (Fsp3) is 0.100. The molecular weight excluding hydrogens is 373 g/mol. The lowest BCUT2D eigenvalue weighted by Gasteiger charge is -2.06. The number of hydrogen-bond donors (Lipinski definition) is 0. The largest absolute Gasteiger partial charge is 0.291 e. The standard InChI is InChI=1S/C20H14FN7O/c1-12-16(13-5-7-14(21)8-6-13)18-25-24-17-19(28(18)26-12)23-11-27(20(17)29)10-15-4-2-3-9-22-15/h2-9,11H,10H2,1H3. The van der Waals surface area contributed by atoms with E-state index in [0.717, 1.165) is 16.8 Å². The molecule has 0 unspecified atom stereocenters. The summed E-state index contributed by atoms with van der Waals surface area (Å²) in [7, 11) is 0. The number of benzene rings is 1. The van der Waals surface area contributed by atoms with Gasteiger partial charge in [-0.15, -0.1) is 10.2 Å². The second-order valence-electron chi connectivity index (χ2n) is 6.57. The third-order valence-electron chi connectivity index (χ3n) is 4.67. The summed E-state index contributed by atoms with van der Waals surface area (Å²) in [6, 6.07) is 11.6. The quantitative estimate of drug-likeness (QED) is 0.472. The fourth-order valence-corrected chi connectivity index (χ4v) is 3.30. The van der Waals surface area contributed by atoms with Gasteiger partial charge in [0.05, 0.1) is 23.5 Å². The second-order valence-corrected chi connectivity index (χ2v) is 6.57. The minimum atomic E-state index is -0.327. The summed E-state index contributed by atoms with van der Waals surface area (Å²) >= 11 is 0. The molecule has 5 rings (SSSR count). The normalized spacial score (nSPS) is 11.4. The van der Waals surface area contributed by atoms with Crippen LogP contribution in [0.4, 0.5) is 4.39 Å². The molecule has 4 heterocycles. The summed E-state index contributed by atoms with van der Waals surface area (Å²) in [4.78, 5) is 21.5. The van der Waals surface area contributed by atoms with Crippen molar-refractivity contribution < 1.29 is 4.39 Å². The molecule has 29 heavy (non-hydrogen) atoms. The molecule has 0 saturated heterocycles. The number of nitrogens with zero attached hydrogens (tertiary/aromatic N) is 7. The first kappa shape index (κ1) is 17.1. The summed E-state index contributed by atoms with van der Waals surface area (Å²) in [5, 5.41) is 12.8. The Balaban J connectivity index is 1.68. The molecule has 0 fully saturated rings. The van der Waals surface area contributed by atoms with Crippen LogP contribution in [0.15, 0.2) is 59.8 Å². The lowest BCUT2D eigenvalue weighted by atomic mass is 10.1. The van der Waals surface area contributed by atoms with Crippen molar-refractivity contribution in [3.8, 4) is 11.1 Å². The summed E-state index contributed by atoms with van der Waals surface area (Å²) in [5.74, 6) is -0.325. The maximum atomic E-state index is 13.3. The number of aromatic nitrogens is 7. The highest BCUT2D eigenvalue weighted by atomic mass is 19.1. The predicted molar refractivity (Wildman–Crippen MR) is 104 cm³/mol. The van der Waals surface area contributed by atoms with Crippen LogP contribution in [0.2, 0.25) is 0 Å². The van der Waals surface area contributed by atoms with Crippen LogP contribution in [0.25, 0.3) is 27.9 Å². The molecule has 142 valence electrons. The SMILES string of the molecule is Cc1nn2c(nnc3c(=O)n(Cc4ccccn4)cnc32)c1-c1ccc(F)cc1. The molecule has 0 spiro atoms. The minimum Gasteiger partial charge on any atom is -0.291 e. The van der Waals surface area contributed by atoms with Gasteiger partial charge in [-0.25, -0.2) is 9.37 Å². The average Bonchev–Trinajstić information content (AvgIpc) is 3.08. The van der Waals surface area contributed by atoms with Crippen LogP contribution >= 0.6 is 0 Å². The molecule has 0 aliphatic heterocycles. The predicted octanol–water partition coefficient (Wildman–Crippen LogP) is 2.39. The van der Waals surface area contributed by atoms with Crippen molar-refractivity contribution >= 4 is 16.8 Å². The van der Waals surface area contributed by atoms with E-state index in [1.165, 1.54) is 27.5 Å². The number of pyridine rings is 1. The zero-order chi connectivity index (χ0) is 20.0. The second kappa shape index (κ2) is 6.55. The van der Waals surface area contributed by atoms with Crippen LogP contribution in [0, 0.1) is 12.7 Å². The van der Waals surface area contributed by atoms with Gasteiger partial charge in [-0.2, -0.15) is 9.61 Å². The van der Waals surface area contributed by atoms with E-state index < -0.39 is 0 Å². The van der Waals surface area contributed by atoms with Crippen molar-refractivity contribution in [1.82, 2.24) is 34.3 Å². The summed E-state index contributed by atoms with van der Waals surface area (Å²) < 4.78 is 16.2. The molecule has 0 atom stereocenters. The topological polar surface area (TPSA) is 90.9 Å². The van der Waals surface area contributed by atoms with Crippen LogP contribution in [-0.4, -0.2) is 34.3 Å². The van der Waals surface area contributed by atoms with Crippen LogP contribution in [0.1, 0.15) is 11.4 Å². The van der Waals surface area contributed by atoms with E-state index in [0.29, 0.717) is 17.0 Å². The van der Waals surface area contributed by atoms with Crippen molar-refractivity contribution in [3.05, 3.63) is 82.5 Å². The first-order valence-corrected chi connectivity index (χ1v) is 8.89. The molecule has 0 aliphatic rings. The van der Waals surface area contributed by atoms with E-state index >= 15 is 0 Å². The van der Waals surface area contributed by atoms with Crippen molar-refractivity contribution in [2.75, 3.05) is 0 Å². The van der Waals surface area contributed by atoms with Crippen LogP contribution in [0.3, 0.4) is 0 Å².